The summed E-state index contributed by atoms with van der Waals surface area (Å²) in [6, 6.07) is 8.34. The van der Waals surface area contributed by atoms with E-state index in [0.717, 1.165) is 12.0 Å². The van der Waals surface area contributed by atoms with Crippen molar-refractivity contribution in [3.05, 3.63) is 42.0 Å². The zero-order valence-corrected chi connectivity index (χ0v) is 12.9. The molecule has 1 aromatic rings. The number of rotatable bonds is 7. The minimum absolute atomic E-state index is 0.109. The third kappa shape index (κ3) is 4.41. The highest BCUT2D eigenvalue weighted by Gasteiger charge is 2.28. The Labute approximate surface area is 112 Å². The molecule has 0 amide bonds. The first kappa shape index (κ1) is 15.2. The molecule has 0 bridgehead atoms. The predicted octanol–water partition coefficient (Wildman–Crippen LogP) is 4.54. The van der Waals surface area contributed by atoms with E-state index in [1.807, 2.05) is 25.1 Å². The van der Waals surface area contributed by atoms with Crippen molar-refractivity contribution < 1.29 is 8.85 Å². The summed E-state index contributed by atoms with van der Waals surface area (Å²) >= 11 is 0. The lowest BCUT2D eigenvalue weighted by Gasteiger charge is -2.28. The summed E-state index contributed by atoms with van der Waals surface area (Å²) in [5.74, 6) is 0. The lowest BCUT2D eigenvalue weighted by Crippen LogP contribution is -2.36. The summed E-state index contributed by atoms with van der Waals surface area (Å²) in [6.07, 6.45) is 2.92. The van der Waals surface area contributed by atoms with Crippen molar-refractivity contribution in [1.82, 2.24) is 0 Å². The average molecular weight is 264 g/mol. The highest BCUT2D eigenvalue weighted by atomic mass is 28.4. The van der Waals surface area contributed by atoms with Gasteiger partial charge in [-0.05, 0) is 43.6 Å². The summed E-state index contributed by atoms with van der Waals surface area (Å²) in [4.78, 5) is 0. The number of hydrogen-bond acceptors (Lipinski definition) is 2. The number of benzene rings is 1. The summed E-state index contributed by atoms with van der Waals surface area (Å²) in [6.45, 7) is 12.9. The molecular weight excluding hydrogens is 240 g/mol. The molecule has 0 aliphatic carbocycles. The van der Waals surface area contributed by atoms with Gasteiger partial charge in [-0.1, -0.05) is 37.8 Å². The van der Waals surface area contributed by atoms with Crippen molar-refractivity contribution in [3.8, 4) is 0 Å². The van der Waals surface area contributed by atoms with E-state index >= 15 is 0 Å². The van der Waals surface area contributed by atoms with E-state index in [9.17, 15) is 0 Å². The van der Waals surface area contributed by atoms with Crippen LogP contribution in [-0.2, 0) is 8.85 Å². The maximum absolute atomic E-state index is 6.20. The van der Waals surface area contributed by atoms with Crippen LogP contribution in [0.3, 0.4) is 0 Å². The average Bonchev–Trinajstić information content (AvgIpc) is 2.36. The Kier molecular flexibility index (Phi) is 5.79. The Morgan fingerprint density at radius 3 is 2.61 bits per heavy atom. The van der Waals surface area contributed by atoms with Gasteiger partial charge in [0.2, 0.25) is 0 Å². The van der Waals surface area contributed by atoms with Gasteiger partial charge in [-0.25, -0.2) is 0 Å². The van der Waals surface area contributed by atoms with Crippen molar-refractivity contribution in [2.45, 2.75) is 39.5 Å². The summed E-state index contributed by atoms with van der Waals surface area (Å²) in [5, 5.41) is 0. The Bertz CT molecular complexity index is 388. The molecule has 0 aromatic heterocycles. The van der Waals surface area contributed by atoms with E-state index in [0.29, 0.717) is 6.61 Å². The molecule has 0 aliphatic heterocycles. The van der Waals surface area contributed by atoms with E-state index in [1.54, 1.807) is 0 Å². The van der Waals surface area contributed by atoms with Crippen molar-refractivity contribution >= 4 is 14.6 Å². The van der Waals surface area contributed by atoms with Crippen LogP contribution in [0.4, 0.5) is 0 Å². The quantitative estimate of drug-likeness (QED) is 0.673. The minimum Gasteiger partial charge on any atom is -0.395 e. The molecule has 0 radical (unpaired) electrons. The molecule has 1 atom stereocenters. The molecule has 18 heavy (non-hydrogen) atoms. The van der Waals surface area contributed by atoms with Gasteiger partial charge in [0.15, 0.2) is 0 Å². The zero-order chi connectivity index (χ0) is 13.6. The molecule has 0 aliphatic rings. The Morgan fingerprint density at radius 1 is 1.33 bits per heavy atom. The predicted molar refractivity (Wildman–Crippen MR) is 79.8 cm³/mol. The van der Waals surface area contributed by atoms with Crippen LogP contribution in [0.5, 0.6) is 0 Å². The summed E-state index contributed by atoms with van der Waals surface area (Å²) in [7, 11) is -2.02. The molecule has 3 heteroatoms. The molecule has 0 fully saturated rings. The fourth-order valence-electron chi connectivity index (χ4n) is 2.00. The smallest absolute Gasteiger partial charge is 0.332 e. The van der Waals surface area contributed by atoms with Crippen LogP contribution in [0, 0.1) is 0 Å². The van der Waals surface area contributed by atoms with Gasteiger partial charge in [-0.3, -0.25) is 0 Å². The molecule has 2 nitrogen and oxygen atoms in total. The largest absolute Gasteiger partial charge is 0.395 e. The van der Waals surface area contributed by atoms with Gasteiger partial charge < -0.3 is 8.85 Å². The van der Waals surface area contributed by atoms with E-state index in [2.05, 4.69) is 38.7 Å². The first-order chi connectivity index (χ1) is 8.52. The van der Waals surface area contributed by atoms with Crippen LogP contribution >= 0.6 is 0 Å². The minimum atomic E-state index is -2.02. The Hall–Kier alpha value is -0.903. The summed E-state index contributed by atoms with van der Waals surface area (Å²) < 4.78 is 11.9. The van der Waals surface area contributed by atoms with Crippen LogP contribution in [0.2, 0.25) is 13.1 Å². The molecule has 0 spiro atoms. The van der Waals surface area contributed by atoms with E-state index in [4.69, 9.17) is 8.85 Å². The van der Waals surface area contributed by atoms with Crippen LogP contribution in [0.15, 0.2) is 30.8 Å². The van der Waals surface area contributed by atoms with Gasteiger partial charge in [0.05, 0.1) is 6.10 Å². The van der Waals surface area contributed by atoms with Gasteiger partial charge in [0.1, 0.15) is 0 Å². The fourth-order valence-corrected chi connectivity index (χ4v) is 3.75. The molecule has 1 unspecified atom stereocenters. The third-order valence-corrected chi connectivity index (χ3v) is 4.64. The van der Waals surface area contributed by atoms with E-state index < -0.39 is 8.56 Å². The monoisotopic (exact) mass is 264 g/mol. The second kappa shape index (κ2) is 6.88. The standard InChI is InChI=1S/C15H24O2Si/c1-6-13-10-9-11-14(12-13)15(7-2)17-18(4,5)16-8-3/h6,9-12,15H,1,7-8H2,2-5H3. The van der Waals surface area contributed by atoms with Crippen LogP contribution in [0.1, 0.15) is 37.5 Å². The molecule has 100 valence electrons. The maximum atomic E-state index is 6.20. The van der Waals surface area contributed by atoms with Gasteiger partial charge in [0.25, 0.3) is 0 Å². The highest BCUT2D eigenvalue weighted by Crippen LogP contribution is 2.26. The highest BCUT2D eigenvalue weighted by molar-refractivity contribution is 6.64. The molecular formula is C15H24O2Si. The lowest BCUT2D eigenvalue weighted by molar-refractivity contribution is 0.122. The molecule has 1 aromatic carbocycles. The second-order valence-electron chi connectivity index (χ2n) is 4.72. The van der Waals surface area contributed by atoms with Crippen LogP contribution in [0.25, 0.3) is 6.08 Å². The maximum Gasteiger partial charge on any atom is 0.332 e. The van der Waals surface area contributed by atoms with Crippen LogP contribution < -0.4 is 0 Å². The van der Waals surface area contributed by atoms with E-state index in [1.165, 1.54) is 5.56 Å². The van der Waals surface area contributed by atoms with E-state index in [-0.39, 0.29) is 6.10 Å². The SMILES string of the molecule is C=Cc1cccc(C(CC)O[Si](C)(C)OCC)c1. The zero-order valence-electron chi connectivity index (χ0n) is 11.9. The molecule has 0 N–H and O–H groups in total. The molecule has 1 rings (SSSR count). The topological polar surface area (TPSA) is 18.5 Å². The summed E-state index contributed by atoms with van der Waals surface area (Å²) in [5.41, 5.74) is 2.33. The van der Waals surface area contributed by atoms with Crippen molar-refractivity contribution in [3.63, 3.8) is 0 Å². The van der Waals surface area contributed by atoms with Gasteiger partial charge in [-0.15, -0.1) is 0 Å². The Morgan fingerprint density at radius 2 is 2.06 bits per heavy atom. The Balaban J connectivity index is 2.85. The third-order valence-electron chi connectivity index (χ3n) is 2.81. The van der Waals surface area contributed by atoms with Gasteiger partial charge in [0, 0.05) is 6.61 Å². The fraction of sp³-hybridized carbons (Fsp3) is 0.467. The van der Waals surface area contributed by atoms with Gasteiger partial charge >= 0.3 is 8.56 Å². The van der Waals surface area contributed by atoms with Gasteiger partial charge in [-0.2, -0.15) is 0 Å². The van der Waals surface area contributed by atoms with Crippen molar-refractivity contribution in [2.75, 3.05) is 6.61 Å². The first-order valence-corrected chi connectivity index (χ1v) is 9.38. The second-order valence-corrected chi connectivity index (χ2v) is 8.05. The number of hydrogen-bond donors (Lipinski definition) is 0. The van der Waals surface area contributed by atoms with Crippen molar-refractivity contribution in [2.24, 2.45) is 0 Å². The lowest BCUT2D eigenvalue weighted by atomic mass is 10.0. The first-order valence-electron chi connectivity index (χ1n) is 6.56. The van der Waals surface area contributed by atoms with Crippen molar-refractivity contribution in [1.29, 1.82) is 0 Å². The molecule has 0 heterocycles. The molecule has 0 saturated heterocycles. The molecule has 0 saturated carbocycles. The normalized spacial score (nSPS) is 13.3. The van der Waals surface area contributed by atoms with Crippen LogP contribution in [-0.4, -0.2) is 15.2 Å².